The number of hydrogen-bond acceptors (Lipinski definition) is 3. The van der Waals surface area contributed by atoms with E-state index in [1.165, 1.54) is 43.4 Å². The van der Waals surface area contributed by atoms with Gasteiger partial charge in [-0.3, -0.25) is 9.69 Å². The normalized spacial score (nSPS) is 20.1. The second-order valence-corrected chi connectivity index (χ2v) is 8.41. The van der Waals surface area contributed by atoms with Gasteiger partial charge in [0.15, 0.2) is 0 Å². The highest BCUT2D eigenvalue weighted by molar-refractivity contribution is 5.75. The largest absolute Gasteiger partial charge is 0.369 e. The predicted octanol–water partition coefficient (Wildman–Crippen LogP) is 5.43. The molecule has 0 bridgehead atoms. The minimum absolute atomic E-state index is 0.458. The van der Waals surface area contributed by atoms with Crippen molar-refractivity contribution >= 4 is 12.0 Å². The van der Waals surface area contributed by atoms with Crippen molar-refractivity contribution in [2.75, 3.05) is 31.1 Å². The van der Waals surface area contributed by atoms with E-state index in [1.807, 2.05) is 12.1 Å². The molecule has 1 atom stereocenters. The van der Waals surface area contributed by atoms with Gasteiger partial charge in [0.1, 0.15) is 6.29 Å². The standard InChI is InChI=1S/C25H32N2O/c1-20(22-9-11-24(12-10-22)23-5-3-2-4-6-23)26-15-17-27(18-16-26)25-13-7-21(19-28)8-14-25/h7-14,19-20,23H,2-6,15-18H2,1H3/t20-/m0/s1. The molecular formula is C25H32N2O. The van der Waals surface area contributed by atoms with Gasteiger partial charge in [0.25, 0.3) is 0 Å². The van der Waals surface area contributed by atoms with Crippen molar-refractivity contribution in [1.29, 1.82) is 0 Å². The Balaban J connectivity index is 1.34. The molecule has 1 aliphatic carbocycles. The smallest absolute Gasteiger partial charge is 0.150 e. The molecule has 28 heavy (non-hydrogen) atoms. The maximum atomic E-state index is 10.8. The summed E-state index contributed by atoms with van der Waals surface area (Å²) in [5.41, 5.74) is 4.94. The molecule has 2 aliphatic rings. The van der Waals surface area contributed by atoms with E-state index >= 15 is 0 Å². The van der Waals surface area contributed by atoms with Crippen molar-refractivity contribution < 1.29 is 4.79 Å². The van der Waals surface area contributed by atoms with Gasteiger partial charge in [0.2, 0.25) is 0 Å². The van der Waals surface area contributed by atoms with Gasteiger partial charge in [-0.2, -0.15) is 0 Å². The highest BCUT2D eigenvalue weighted by Crippen LogP contribution is 2.33. The third-order valence-corrected chi connectivity index (χ3v) is 6.75. The van der Waals surface area contributed by atoms with Crippen molar-refractivity contribution in [1.82, 2.24) is 4.90 Å². The lowest BCUT2D eigenvalue weighted by Gasteiger charge is -2.39. The maximum absolute atomic E-state index is 10.8. The van der Waals surface area contributed by atoms with Crippen LogP contribution in [0.15, 0.2) is 48.5 Å². The zero-order chi connectivity index (χ0) is 19.3. The van der Waals surface area contributed by atoms with Crippen LogP contribution in [-0.4, -0.2) is 37.4 Å². The molecule has 0 aromatic heterocycles. The number of piperazine rings is 1. The molecule has 1 heterocycles. The number of carbonyl (C=O) groups is 1. The van der Waals surface area contributed by atoms with Gasteiger partial charge in [-0.05, 0) is 61.1 Å². The summed E-state index contributed by atoms with van der Waals surface area (Å²) >= 11 is 0. The van der Waals surface area contributed by atoms with Crippen molar-refractivity contribution in [3.05, 3.63) is 65.2 Å². The molecule has 3 nitrogen and oxygen atoms in total. The van der Waals surface area contributed by atoms with Gasteiger partial charge in [-0.1, -0.05) is 43.5 Å². The molecule has 2 aromatic carbocycles. The Morgan fingerprint density at radius 3 is 2.11 bits per heavy atom. The van der Waals surface area contributed by atoms with Gasteiger partial charge in [-0.25, -0.2) is 0 Å². The molecule has 2 fully saturated rings. The first-order valence-corrected chi connectivity index (χ1v) is 10.9. The molecular weight excluding hydrogens is 344 g/mol. The summed E-state index contributed by atoms with van der Waals surface area (Å²) < 4.78 is 0. The minimum Gasteiger partial charge on any atom is -0.369 e. The van der Waals surface area contributed by atoms with Crippen molar-refractivity contribution in [2.45, 2.75) is 51.0 Å². The molecule has 0 spiro atoms. The highest BCUT2D eigenvalue weighted by atomic mass is 16.1. The molecule has 148 valence electrons. The Labute approximate surface area is 169 Å². The van der Waals surface area contributed by atoms with Crippen LogP contribution in [0.1, 0.15) is 72.5 Å². The van der Waals surface area contributed by atoms with Gasteiger partial charge in [0.05, 0.1) is 0 Å². The Morgan fingerprint density at radius 1 is 0.857 bits per heavy atom. The fourth-order valence-electron chi connectivity index (χ4n) is 4.82. The number of anilines is 1. The second kappa shape index (κ2) is 8.91. The van der Waals surface area contributed by atoms with E-state index in [-0.39, 0.29) is 0 Å². The summed E-state index contributed by atoms with van der Waals surface area (Å²) in [7, 11) is 0. The van der Waals surface area contributed by atoms with E-state index < -0.39 is 0 Å². The van der Waals surface area contributed by atoms with Gasteiger partial charge < -0.3 is 4.90 Å². The average molecular weight is 377 g/mol. The van der Waals surface area contributed by atoms with E-state index in [9.17, 15) is 4.79 Å². The third kappa shape index (κ3) is 4.30. The molecule has 1 saturated carbocycles. The van der Waals surface area contributed by atoms with Crippen LogP contribution in [-0.2, 0) is 0 Å². The fraction of sp³-hybridized carbons (Fsp3) is 0.480. The molecule has 0 unspecified atom stereocenters. The van der Waals surface area contributed by atoms with Crippen molar-refractivity contribution in [3.63, 3.8) is 0 Å². The molecule has 0 N–H and O–H groups in total. The fourth-order valence-corrected chi connectivity index (χ4v) is 4.82. The first-order chi connectivity index (χ1) is 13.7. The first kappa shape index (κ1) is 19.2. The summed E-state index contributed by atoms with van der Waals surface area (Å²) in [5, 5.41) is 0. The Bertz CT molecular complexity index is 754. The number of aldehydes is 1. The summed E-state index contributed by atoms with van der Waals surface area (Å²) in [6, 6.07) is 17.9. The molecule has 2 aromatic rings. The molecule has 0 radical (unpaired) electrons. The topological polar surface area (TPSA) is 23.6 Å². The Morgan fingerprint density at radius 2 is 1.50 bits per heavy atom. The van der Waals surface area contributed by atoms with Crippen molar-refractivity contribution in [3.8, 4) is 0 Å². The van der Waals surface area contributed by atoms with E-state index in [0.29, 0.717) is 6.04 Å². The second-order valence-electron chi connectivity index (χ2n) is 8.41. The molecule has 0 amide bonds. The zero-order valence-corrected chi connectivity index (χ0v) is 17.0. The van der Waals surface area contributed by atoms with Crippen LogP contribution in [0.2, 0.25) is 0 Å². The van der Waals surface area contributed by atoms with Crippen LogP contribution in [0.5, 0.6) is 0 Å². The molecule has 1 saturated heterocycles. The Hall–Kier alpha value is -2.13. The molecule has 3 heteroatoms. The number of carbonyl (C=O) groups excluding carboxylic acids is 1. The summed E-state index contributed by atoms with van der Waals surface area (Å²) in [4.78, 5) is 15.8. The average Bonchev–Trinajstić information content (AvgIpc) is 2.79. The quantitative estimate of drug-likeness (QED) is 0.650. The third-order valence-electron chi connectivity index (χ3n) is 6.75. The van der Waals surface area contributed by atoms with Gasteiger partial charge in [-0.15, -0.1) is 0 Å². The number of benzene rings is 2. The zero-order valence-electron chi connectivity index (χ0n) is 17.0. The van der Waals surface area contributed by atoms with Crippen LogP contribution >= 0.6 is 0 Å². The lowest BCUT2D eigenvalue weighted by Crippen LogP contribution is -2.47. The predicted molar refractivity (Wildman–Crippen MR) is 116 cm³/mol. The minimum atomic E-state index is 0.458. The van der Waals surface area contributed by atoms with E-state index in [1.54, 1.807) is 5.56 Å². The maximum Gasteiger partial charge on any atom is 0.150 e. The van der Waals surface area contributed by atoms with Gasteiger partial charge >= 0.3 is 0 Å². The lowest BCUT2D eigenvalue weighted by molar-refractivity contribution is 0.112. The number of rotatable bonds is 5. The SMILES string of the molecule is C[C@@H](c1ccc(C2CCCCC2)cc1)N1CCN(c2ccc(C=O)cc2)CC1. The number of hydrogen-bond donors (Lipinski definition) is 0. The van der Waals surface area contributed by atoms with Crippen molar-refractivity contribution in [2.24, 2.45) is 0 Å². The van der Waals surface area contributed by atoms with Gasteiger partial charge in [0, 0.05) is 43.5 Å². The van der Waals surface area contributed by atoms with Crippen LogP contribution in [0.25, 0.3) is 0 Å². The summed E-state index contributed by atoms with van der Waals surface area (Å²) in [6.45, 7) is 6.54. The van der Waals surface area contributed by atoms with Crippen LogP contribution in [0, 0.1) is 0 Å². The lowest BCUT2D eigenvalue weighted by atomic mass is 9.83. The Kier molecular flexibility index (Phi) is 6.11. The molecule has 4 rings (SSSR count). The summed E-state index contributed by atoms with van der Waals surface area (Å²) in [6.07, 6.45) is 7.84. The van der Waals surface area contributed by atoms with Crippen LogP contribution in [0.3, 0.4) is 0 Å². The highest BCUT2D eigenvalue weighted by Gasteiger charge is 2.23. The van der Waals surface area contributed by atoms with E-state index in [0.717, 1.165) is 43.9 Å². The monoisotopic (exact) mass is 376 g/mol. The van der Waals surface area contributed by atoms with E-state index in [2.05, 4.69) is 53.1 Å². The van der Waals surface area contributed by atoms with E-state index in [4.69, 9.17) is 0 Å². The van der Waals surface area contributed by atoms with Crippen LogP contribution < -0.4 is 4.90 Å². The van der Waals surface area contributed by atoms with Crippen LogP contribution in [0.4, 0.5) is 5.69 Å². The first-order valence-electron chi connectivity index (χ1n) is 10.9. The molecule has 1 aliphatic heterocycles. The summed E-state index contributed by atoms with van der Waals surface area (Å²) in [5.74, 6) is 0.784. The number of nitrogens with zero attached hydrogens (tertiary/aromatic N) is 2.